The van der Waals surface area contributed by atoms with Crippen molar-refractivity contribution in [2.75, 3.05) is 11.4 Å². The Kier molecular flexibility index (Phi) is 6.52. The number of thiazole rings is 1. The van der Waals surface area contributed by atoms with E-state index in [1.54, 1.807) is 29.2 Å². The molecule has 0 saturated carbocycles. The lowest BCUT2D eigenvalue weighted by atomic mass is 10.2. The van der Waals surface area contributed by atoms with E-state index in [4.69, 9.17) is 23.2 Å². The SMILES string of the molecule is C=CCN(C(=O)CCn1cnc2sccc2c1=O)c1nc(-c2ccc(Cl)c(Cl)c2)cs1. The average Bonchev–Trinajstić information content (AvgIpc) is 3.43. The molecule has 1 amide bonds. The maximum Gasteiger partial charge on any atom is 0.262 e. The molecule has 6 nitrogen and oxygen atoms in total. The lowest BCUT2D eigenvalue weighted by Crippen LogP contribution is -2.32. The number of thiophene rings is 1. The van der Waals surface area contributed by atoms with Crippen LogP contribution in [0.4, 0.5) is 5.13 Å². The molecule has 0 aliphatic heterocycles. The lowest BCUT2D eigenvalue weighted by Gasteiger charge is -2.18. The normalized spacial score (nSPS) is 11.0. The molecule has 0 bridgehead atoms. The zero-order chi connectivity index (χ0) is 22.0. The van der Waals surface area contributed by atoms with Crippen molar-refractivity contribution >= 4 is 67.1 Å². The van der Waals surface area contributed by atoms with E-state index in [1.165, 1.54) is 33.6 Å². The minimum Gasteiger partial charge on any atom is -0.298 e. The van der Waals surface area contributed by atoms with Gasteiger partial charge in [0.1, 0.15) is 4.83 Å². The summed E-state index contributed by atoms with van der Waals surface area (Å²) in [6, 6.07) is 7.02. The summed E-state index contributed by atoms with van der Waals surface area (Å²) in [7, 11) is 0. The molecule has 4 rings (SSSR count). The highest BCUT2D eigenvalue weighted by atomic mass is 35.5. The van der Waals surface area contributed by atoms with Gasteiger partial charge in [0.25, 0.3) is 5.56 Å². The minimum atomic E-state index is -0.160. The third kappa shape index (κ3) is 4.57. The van der Waals surface area contributed by atoms with Crippen LogP contribution < -0.4 is 10.5 Å². The molecule has 0 unspecified atom stereocenters. The average molecular weight is 491 g/mol. The van der Waals surface area contributed by atoms with Gasteiger partial charge in [-0.25, -0.2) is 9.97 Å². The van der Waals surface area contributed by atoms with Crippen molar-refractivity contribution in [1.82, 2.24) is 14.5 Å². The Morgan fingerprint density at radius 3 is 2.84 bits per heavy atom. The fourth-order valence-electron chi connectivity index (χ4n) is 3.00. The lowest BCUT2D eigenvalue weighted by molar-refractivity contribution is -0.118. The molecule has 0 spiro atoms. The summed E-state index contributed by atoms with van der Waals surface area (Å²) in [5.41, 5.74) is 1.36. The van der Waals surface area contributed by atoms with Crippen LogP contribution in [0, 0.1) is 0 Å². The Bertz CT molecular complexity index is 1330. The van der Waals surface area contributed by atoms with Crippen LogP contribution in [0.15, 0.2) is 58.8 Å². The number of fused-ring (bicyclic) bond motifs is 1. The summed E-state index contributed by atoms with van der Waals surface area (Å²) in [5, 5.41) is 5.70. The maximum absolute atomic E-state index is 12.9. The standard InChI is InChI=1S/C21H16Cl2N4O2S2/c1-2-7-27(21-25-17(11-31-21)13-3-4-15(22)16(23)10-13)18(28)5-8-26-12-24-19-14(20(26)29)6-9-30-19/h2-4,6,9-12H,1,5,7-8H2. The van der Waals surface area contributed by atoms with Crippen LogP contribution in [0.25, 0.3) is 21.5 Å². The molecular weight excluding hydrogens is 475 g/mol. The Morgan fingerprint density at radius 1 is 1.23 bits per heavy atom. The highest BCUT2D eigenvalue weighted by molar-refractivity contribution is 7.16. The van der Waals surface area contributed by atoms with Gasteiger partial charge in [0.15, 0.2) is 5.13 Å². The molecular formula is C21H16Cl2N4O2S2. The number of hydrogen-bond donors (Lipinski definition) is 0. The maximum atomic E-state index is 12.9. The van der Waals surface area contributed by atoms with E-state index in [-0.39, 0.29) is 24.4 Å². The van der Waals surface area contributed by atoms with Gasteiger partial charge >= 0.3 is 0 Å². The molecule has 0 aliphatic rings. The van der Waals surface area contributed by atoms with Crippen molar-refractivity contribution in [1.29, 1.82) is 0 Å². The highest BCUT2D eigenvalue weighted by Gasteiger charge is 2.19. The van der Waals surface area contributed by atoms with Gasteiger partial charge in [-0.05, 0) is 23.6 Å². The number of hydrogen-bond acceptors (Lipinski definition) is 6. The number of amides is 1. The Morgan fingerprint density at radius 2 is 2.06 bits per heavy atom. The molecule has 10 heteroatoms. The van der Waals surface area contributed by atoms with E-state index >= 15 is 0 Å². The van der Waals surface area contributed by atoms with Crippen LogP contribution in [0.2, 0.25) is 10.0 Å². The predicted octanol–water partition coefficient (Wildman–Crippen LogP) is 5.50. The summed E-state index contributed by atoms with van der Waals surface area (Å²) in [6.07, 6.45) is 3.26. The van der Waals surface area contributed by atoms with Crippen molar-refractivity contribution in [3.05, 3.63) is 74.4 Å². The number of aromatic nitrogens is 3. The first-order chi connectivity index (χ1) is 15.0. The molecule has 0 atom stereocenters. The van der Waals surface area contributed by atoms with Gasteiger partial charge in [-0.15, -0.1) is 29.3 Å². The second-order valence-corrected chi connectivity index (χ2v) is 9.12. The smallest absolute Gasteiger partial charge is 0.262 e. The number of halogens is 2. The van der Waals surface area contributed by atoms with Gasteiger partial charge in [0, 0.05) is 30.5 Å². The van der Waals surface area contributed by atoms with Gasteiger partial charge in [0.05, 0.1) is 27.5 Å². The molecule has 1 aromatic carbocycles. The summed E-state index contributed by atoms with van der Waals surface area (Å²) in [5.74, 6) is -0.160. The van der Waals surface area contributed by atoms with Crippen LogP contribution >= 0.6 is 45.9 Å². The summed E-state index contributed by atoms with van der Waals surface area (Å²) in [6.45, 7) is 4.28. The van der Waals surface area contributed by atoms with Gasteiger partial charge in [-0.3, -0.25) is 19.1 Å². The van der Waals surface area contributed by atoms with Gasteiger partial charge in [0.2, 0.25) is 5.91 Å². The van der Waals surface area contributed by atoms with E-state index in [0.29, 0.717) is 37.6 Å². The highest BCUT2D eigenvalue weighted by Crippen LogP contribution is 2.32. The molecule has 3 heterocycles. The largest absolute Gasteiger partial charge is 0.298 e. The Balaban J connectivity index is 1.52. The molecule has 31 heavy (non-hydrogen) atoms. The van der Waals surface area contributed by atoms with E-state index in [9.17, 15) is 9.59 Å². The Labute approximate surface area is 196 Å². The number of anilines is 1. The molecule has 4 aromatic rings. The number of carbonyl (C=O) groups is 1. The molecule has 0 aliphatic carbocycles. The second kappa shape index (κ2) is 9.32. The van der Waals surface area contributed by atoms with Crippen LogP contribution in [0.1, 0.15) is 6.42 Å². The van der Waals surface area contributed by atoms with E-state index < -0.39 is 0 Å². The summed E-state index contributed by atoms with van der Waals surface area (Å²) < 4.78 is 1.46. The minimum absolute atomic E-state index is 0.132. The van der Waals surface area contributed by atoms with Crippen LogP contribution in [-0.4, -0.2) is 27.0 Å². The van der Waals surface area contributed by atoms with Crippen molar-refractivity contribution in [2.45, 2.75) is 13.0 Å². The second-order valence-electron chi connectivity index (χ2n) is 6.57. The van der Waals surface area contributed by atoms with Gasteiger partial charge in [-0.1, -0.05) is 35.3 Å². The fraction of sp³-hybridized carbons (Fsp3) is 0.143. The van der Waals surface area contributed by atoms with Crippen LogP contribution in [-0.2, 0) is 11.3 Å². The van der Waals surface area contributed by atoms with Gasteiger partial charge < -0.3 is 0 Å². The molecule has 0 radical (unpaired) electrons. The third-order valence-electron chi connectivity index (χ3n) is 4.57. The van der Waals surface area contributed by atoms with Crippen molar-refractivity contribution < 1.29 is 4.79 Å². The van der Waals surface area contributed by atoms with Crippen LogP contribution in [0.5, 0.6) is 0 Å². The van der Waals surface area contributed by atoms with E-state index in [0.717, 1.165) is 5.56 Å². The molecule has 0 fully saturated rings. The topological polar surface area (TPSA) is 68.1 Å². The fourth-order valence-corrected chi connectivity index (χ4v) is 4.88. The number of aryl methyl sites for hydroxylation is 1. The van der Waals surface area contributed by atoms with Crippen molar-refractivity contribution in [3.8, 4) is 11.3 Å². The predicted molar refractivity (Wildman–Crippen MR) is 129 cm³/mol. The van der Waals surface area contributed by atoms with E-state index in [1.807, 2.05) is 16.8 Å². The van der Waals surface area contributed by atoms with Crippen LogP contribution in [0.3, 0.4) is 0 Å². The first kappa shape index (κ1) is 21.7. The van der Waals surface area contributed by atoms with Crippen molar-refractivity contribution in [3.63, 3.8) is 0 Å². The first-order valence-corrected chi connectivity index (χ1v) is 11.7. The number of rotatable bonds is 7. The molecule has 0 N–H and O–H groups in total. The number of carbonyl (C=O) groups excluding carboxylic acids is 1. The zero-order valence-electron chi connectivity index (χ0n) is 16.1. The van der Waals surface area contributed by atoms with Crippen molar-refractivity contribution in [2.24, 2.45) is 0 Å². The zero-order valence-corrected chi connectivity index (χ0v) is 19.3. The quantitative estimate of drug-likeness (QED) is 0.321. The van der Waals surface area contributed by atoms with Gasteiger partial charge in [-0.2, -0.15) is 0 Å². The van der Waals surface area contributed by atoms with E-state index in [2.05, 4.69) is 16.5 Å². The number of nitrogens with zero attached hydrogens (tertiary/aromatic N) is 4. The molecule has 3 aromatic heterocycles. The Hall–Kier alpha value is -2.52. The molecule has 0 saturated heterocycles. The molecule has 158 valence electrons. The third-order valence-corrected chi connectivity index (χ3v) is 6.99. The number of benzene rings is 1. The summed E-state index contributed by atoms with van der Waals surface area (Å²) in [4.78, 5) is 36.6. The first-order valence-electron chi connectivity index (χ1n) is 9.23. The monoisotopic (exact) mass is 490 g/mol. The summed E-state index contributed by atoms with van der Waals surface area (Å²) >= 11 is 14.9.